The van der Waals surface area contributed by atoms with Gasteiger partial charge in [0.05, 0.1) is 12.4 Å². The Morgan fingerprint density at radius 1 is 1.17 bits per heavy atom. The summed E-state index contributed by atoms with van der Waals surface area (Å²) in [4.78, 5) is 0. The highest BCUT2D eigenvalue weighted by molar-refractivity contribution is 6.70. The summed E-state index contributed by atoms with van der Waals surface area (Å²) in [7, 11) is -1.47. The Hall–Kier alpha value is -0.843. The van der Waals surface area contributed by atoms with Crippen molar-refractivity contribution in [1.29, 1.82) is 0 Å². The number of hydrogen-bond acceptors (Lipinski definition) is 3. The van der Waals surface area contributed by atoms with E-state index in [2.05, 4.69) is 50.0 Å². The third kappa shape index (κ3) is 8.00. The van der Waals surface area contributed by atoms with Crippen LogP contribution in [0.5, 0.6) is 0 Å². The van der Waals surface area contributed by atoms with Crippen molar-refractivity contribution in [3.8, 4) is 0 Å². The largest absolute Gasteiger partial charge is 0.548 e. The Morgan fingerprint density at radius 2 is 2.04 bits per heavy atom. The van der Waals surface area contributed by atoms with Gasteiger partial charge in [-0.1, -0.05) is 24.3 Å². The third-order valence-electron chi connectivity index (χ3n) is 3.92. The highest BCUT2D eigenvalue weighted by atomic mass is 28.4. The van der Waals surface area contributed by atoms with E-state index < -0.39 is 8.32 Å². The smallest absolute Gasteiger partial charge is 0.241 e. The van der Waals surface area contributed by atoms with Gasteiger partial charge in [0.2, 0.25) is 8.32 Å². The molecule has 23 heavy (non-hydrogen) atoms. The first-order valence-electron chi connectivity index (χ1n) is 8.99. The van der Waals surface area contributed by atoms with Gasteiger partial charge in [0.1, 0.15) is 0 Å². The average molecular weight is 337 g/mol. The molecular weight excluding hydrogens is 304 g/mol. The van der Waals surface area contributed by atoms with Gasteiger partial charge >= 0.3 is 0 Å². The van der Waals surface area contributed by atoms with Crippen molar-refractivity contribution in [3.63, 3.8) is 0 Å². The molecule has 1 saturated heterocycles. The van der Waals surface area contributed by atoms with Crippen LogP contribution in [0.25, 0.3) is 0 Å². The topological polar surface area (TPSA) is 27.7 Å². The SMILES string of the molecule is C[Si](C)(C)OC1=CC(/C=C\C=C\COC2CCCCO2)CCC1. The Kier molecular flexibility index (Phi) is 7.60. The molecule has 1 fully saturated rings. The number of allylic oxidation sites excluding steroid dienone is 5. The van der Waals surface area contributed by atoms with E-state index >= 15 is 0 Å². The second kappa shape index (κ2) is 9.45. The van der Waals surface area contributed by atoms with E-state index in [9.17, 15) is 0 Å². The summed E-state index contributed by atoms with van der Waals surface area (Å²) in [6, 6.07) is 0. The summed E-state index contributed by atoms with van der Waals surface area (Å²) >= 11 is 0. The summed E-state index contributed by atoms with van der Waals surface area (Å²) in [5, 5.41) is 0. The van der Waals surface area contributed by atoms with Crippen LogP contribution in [0.1, 0.15) is 38.5 Å². The Bertz CT molecular complexity index is 428. The molecule has 2 aliphatic rings. The van der Waals surface area contributed by atoms with E-state index in [0.29, 0.717) is 12.5 Å². The molecule has 0 bridgehead atoms. The van der Waals surface area contributed by atoms with Crippen molar-refractivity contribution >= 4 is 8.32 Å². The fraction of sp³-hybridized carbons (Fsp3) is 0.684. The first-order chi connectivity index (χ1) is 11.0. The van der Waals surface area contributed by atoms with E-state index in [0.717, 1.165) is 25.9 Å². The van der Waals surface area contributed by atoms with Gasteiger partial charge < -0.3 is 13.9 Å². The number of hydrogen-bond donors (Lipinski definition) is 0. The van der Waals surface area contributed by atoms with Crippen LogP contribution < -0.4 is 0 Å². The zero-order chi connectivity index (χ0) is 16.5. The average Bonchev–Trinajstić information content (AvgIpc) is 2.50. The predicted octanol–water partition coefficient (Wildman–Crippen LogP) is 5.18. The van der Waals surface area contributed by atoms with Gasteiger partial charge in [0.25, 0.3) is 0 Å². The van der Waals surface area contributed by atoms with Crippen LogP contribution in [0.4, 0.5) is 0 Å². The van der Waals surface area contributed by atoms with Gasteiger partial charge in [-0.05, 0) is 63.7 Å². The Balaban J connectivity index is 1.69. The maximum Gasteiger partial charge on any atom is 0.241 e. The molecule has 0 aromatic heterocycles. The lowest BCUT2D eigenvalue weighted by Gasteiger charge is -2.26. The van der Waals surface area contributed by atoms with Crippen LogP contribution in [0.2, 0.25) is 19.6 Å². The lowest BCUT2D eigenvalue weighted by molar-refractivity contribution is -0.155. The zero-order valence-electron chi connectivity index (χ0n) is 14.9. The Morgan fingerprint density at radius 3 is 2.78 bits per heavy atom. The van der Waals surface area contributed by atoms with Crippen LogP contribution in [-0.2, 0) is 13.9 Å². The summed E-state index contributed by atoms with van der Waals surface area (Å²) < 4.78 is 17.4. The van der Waals surface area contributed by atoms with Gasteiger partial charge in [-0.15, -0.1) is 0 Å². The minimum absolute atomic E-state index is 0.0000656. The van der Waals surface area contributed by atoms with Crippen molar-refractivity contribution < 1.29 is 13.9 Å². The van der Waals surface area contributed by atoms with E-state index in [-0.39, 0.29) is 6.29 Å². The van der Waals surface area contributed by atoms with Crippen LogP contribution in [0.3, 0.4) is 0 Å². The molecule has 0 aromatic carbocycles. The number of rotatable bonds is 7. The van der Waals surface area contributed by atoms with E-state index in [4.69, 9.17) is 13.9 Å². The molecule has 1 aliphatic heterocycles. The normalized spacial score (nSPS) is 26.7. The molecule has 0 amide bonds. The van der Waals surface area contributed by atoms with Crippen LogP contribution in [-0.4, -0.2) is 27.8 Å². The molecule has 130 valence electrons. The molecule has 4 heteroatoms. The minimum atomic E-state index is -1.47. The summed E-state index contributed by atoms with van der Waals surface area (Å²) in [6.45, 7) is 8.19. The molecule has 0 spiro atoms. The van der Waals surface area contributed by atoms with E-state index in [1.807, 2.05) is 0 Å². The number of ether oxygens (including phenoxy) is 2. The molecular formula is C19H32O3Si. The highest BCUT2D eigenvalue weighted by Crippen LogP contribution is 2.26. The van der Waals surface area contributed by atoms with Crippen LogP contribution >= 0.6 is 0 Å². The van der Waals surface area contributed by atoms with Crippen LogP contribution in [0, 0.1) is 5.92 Å². The first-order valence-corrected chi connectivity index (χ1v) is 12.4. The van der Waals surface area contributed by atoms with E-state index in [1.54, 1.807) is 0 Å². The third-order valence-corrected chi connectivity index (χ3v) is 4.79. The highest BCUT2D eigenvalue weighted by Gasteiger charge is 2.20. The van der Waals surface area contributed by atoms with Crippen molar-refractivity contribution in [2.75, 3.05) is 13.2 Å². The van der Waals surface area contributed by atoms with Gasteiger partial charge in [0.15, 0.2) is 6.29 Å². The zero-order valence-corrected chi connectivity index (χ0v) is 15.9. The lowest BCUT2D eigenvalue weighted by atomic mass is 9.94. The van der Waals surface area contributed by atoms with E-state index in [1.165, 1.54) is 25.0 Å². The second-order valence-corrected chi connectivity index (χ2v) is 11.8. The molecule has 2 atom stereocenters. The molecule has 0 radical (unpaired) electrons. The standard InChI is InChI=1S/C19H32O3Si/c1-23(2,3)22-18-12-9-11-17(16-18)10-5-4-7-14-20-19-13-6-8-15-21-19/h4-5,7,10,16-17,19H,6,8-9,11-15H2,1-3H3/b7-4+,10-5-. The van der Waals surface area contributed by atoms with Crippen molar-refractivity contribution in [2.24, 2.45) is 5.92 Å². The van der Waals surface area contributed by atoms with Gasteiger partial charge in [-0.3, -0.25) is 0 Å². The lowest BCUT2D eigenvalue weighted by Crippen LogP contribution is -2.25. The molecule has 1 aliphatic carbocycles. The maximum absolute atomic E-state index is 6.14. The first kappa shape index (κ1) is 18.5. The van der Waals surface area contributed by atoms with Crippen molar-refractivity contribution in [1.82, 2.24) is 0 Å². The quantitative estimate of drug-likeness (QED) is 0.474. The molecule has 0 aromatic rings. The second-order valence-electron chi connectivity index (χ2n) is 7.35. The molecule has 0 N–H and O–H groups in total. The van der Waals surface area contributed by atoms with Gasteiger partial charge in [-0.25, -0.2) is 0 Å². The van der Waals surface area contributed by atoms with Gasteiger partial charge in [0, 0.05) is 13.0 Å². The summed E-state index contributed by atoms with van der Waals surface area (Å²) in [5.41, 5.74) is 0. The fourth-order valence-electron chi connectivity index (χ4n) is 2.89. The molecule has 2 rings (SSSR count). The Labute approximate surface area is 142 Å². The monoisotopic (exact) mass is 336 g/mol. The van der Waals surface area contributed by atoms with Gasteiger partial charge in [-0.2, -0.15) is 0 Å². The van der Waals surface area contributed by atoms with Crippen LogP contribution in [0.15, 0.2) is 36.1 Å². The molecule has 0 saturated carbocycles. The van der Waals surface area contributed by atoms with Crippen molar-refractivity contribution in [2.45, 2.75) is 64.5 Å². The fourth-order valence-corrected chi connectivity index (χ4v) is 3.85. The molecule has 2 unspecified atom stereocenters. The molecule has 1 heterocycles. The summed E-state index contributed by atoms with van der Waals surface area (Å²) in [5.74, 6) is 1.70. The predicted molar refractivity (Wildman–Crippen MR) is 97.7 cm³/mol. The maximum atomic E-state index is 6.14. The minimum Gasteiger partial charge on any atom is -0.548 e. The summed E-state index contributed by atoms with van der Waals surface area (Å²) in [6.07, 6.45) is 17.8. The molecule has 3 nitrogen and oxygen atoms in total. The van der Waals surface area contributed by atoms with Crippen molar-refractivity contribution in [3.05, 3.63) is 36.1 Å².